The van der Waals surface area contributed by atoms with Crippen molar-refractivity contribution in [1.82, 2.24) is 0 Å². The van der Waals surface area contributed by atoms with Gasteiger partial charge in [0, 0.05) is 11.6 Å². The summed E-state index contributed by atoms with van der Waals surface area (Å²) < 4.78 is 24.8. The van der Waals surface area contributed by atoms with Crippen molar-refractivity contribution in [2.45, 2.75) is 12.5 Å². The lowest BCUT2D eigenvalue weighted by atomic mass is 10.0. The van der Waals surface area contributed by atoms with Crippen molar-refractivity contribution in [2.75, 3.05) is 6.67 Å². The van der Waals surface area contributed by atoms with Crippen LogP contribution in [-0.4, -0.2) is 11.6 Å². The van der Waals surface area contributed by atoms with Gasteiger partial charge in [-0.2, -0.15) is 0 Å². The predicted molar refractivity (Wildman–Crippen MR) is 57.8 cm³/mol. The zero-order valence-electron chi connectivity index (χ0n) is 8.23. The Labute approximate surface area is 97.0 Å². The van der Waals surface area contributed by atoms with Crippen LogP contribution in [0.5, 0.6) is 0 Å². The van der Waals surface area contributed by atoms with Gasteiger partial charge in [0.15, 0.2) is 0 Å². The second-order valence-corrected chi connectivity index (χ2v) is 3.04. The monoisotopic (exact) mass is 252 g/mol. The lowest BCUT2D eigenvalue weighted by Crippen LogP contribution is -2.13. The Balaban J connectivity index is 0.00000225. The molecule has 2 N–H and O–H groups in total. The highest BCUT2D eigenvalue weighted by Gasteiger charge is 2.19. The zero-order chi connectivity index (χ0) is 11.4. The van der Waals surface area contributed by atoms with Gasteiger partial charge in [-0.3, -0.25) is 14.5 Å². The number of hydrogen-bond acceptors (Lipinski definition) is 3. The van der Waals surface area contributed by atoms with Crippen molar-refractivity contribution < 1.29 is 13.7 Å². The zero-order valence-corrected chi connectivity index (χ0v) is 9.05. The Hall–Kier alpha value is -1.27. The summed E-state index contributed by atoms with van der Waals surface area (Å²) in [6.07, 6.45) is -0.0214. The van der Waals surface area contributed by atoms with Crippen LogP contribution in [0.15, 0.2) is 18.2 Å². The third-order valence-corrected chi connectivity index (χ3v) is 2.01. The minimum absolute atomic E-state index is 0. The maximum atomic E-state index is 12.7. The van der Waals surface area contributed by atoms with Gasteiger partial charge in [0.2, 0.25) is 0 Å². The number of alkyl halides is 1. The highest BCUT2D eigenvalue weighted by Crippen LogP contribution is 2.26. The number of hydrogen-bond donors (Lipinski definition) is 1. The largest absolute Gasteiger partial charge is 0.324 e. The highest BCUT2D eigenvalue weighted by atomic mass is 35.5. The van der Waals surface area contributed by atoms with Crippen molar-refractivity contribution in [3.05, 3.63) is 39.7 Å². The summed E-state index contributed by atoms with van der Waals surface area (Å²) >= 11 is 0. The molecule has 4 nitrogen and oxygen atoms in total. The van der Waals surface area contributed by atoms with Gasteiger partial charge in [-0.25, -0.2) is 4.39 Å². The second kappa shape index (κ2) is 6.34. The third-order valence-electron chi connectivity index (χ3n) is 2.01. The highest BCUT2D eigenvalue weighted by molar-refractivity contribution is 5.85. The van der Waals surface area contributed by atoms with E-state index in [1.165, 1.54) is 6.07 Å². The van der Waals surface area contributed by atoms with Crippen LogP contribution < -0.4 is 5.73 Å². The summed E-state index contributed by atoms with van der Waals surface area (Å²) in [7, 11) is 0. The minimum atomic E-state index is -0.781. The molecule has 0 aliphatic rings. The predicted octanol–water partition coefficient (Wildman–Crippen LogP) is 2.52. The first-order valence-corrected chi connectivity index (χ1v) is 4.31. The maximum Gasteiger partial charge on any atom is 0.277 e. The van der Waals surface area contributed by atoms with E-state index in [1.54, 1.807) is 0 Å². The van der Waals surface area contributed by atoms with Gasteiger partial charge in [0.05, 0.1) is 17.7 Å². The average molecular weight is 253 g/mol. The topological polar surface area (TPSA) is 69.2 Å². The smallest absolute Gasteiger partial charge is 0.277 e. The van der Waals surface area contributed by atoms with Gasteiger partial charge in [-0.1, -0.05) is 0 Å². The Morgan fingerprint density at radius 3 is 2.62 bits per heavy atom. The summed E-state index contributed by atoms with van der Waals surface area (Å²) in [6.45, 7) is -0.671. The summed E-state index contributed by atoms with van der Waals surface area (Å²) in [5, 5.41) is 10.6. The average Bonchev–Trinajstić information content (AvgIpc) is 2.17. The first kappa shape index (κ1) is 14.7. The second-order valence-electron chi connectivity index (χ2n) is 3.04. The van der Waals surface area contributed by atoms with E-state index in [4.69, 9.17) is 5.73 Å². The van der Waals surface area contributed by atoms with E-state index in [-0.39, 0.29) is 24.4 Å². The molecule has 0 aliphatic heterocycles. The lowest BCUT2D eigenvalue weighted by molar-refractivity contribution is -0.385. The van der Waals surface area contributed by atoms with E-state index < -0.39 is 29.1 Å². The molecule has 90 valence electrons. The van der Waals surface area contributed by atoms with E-state index in [0.29, 0.717) is 0 Å². The molecule has 0 saturated carbocycles. The number of nitrogens with zero attached hydrogens (tertiary/aromatic N) is 1. The van der Waals surface area contributed by atoms with Crippen LogP contribution in [0, 0.1) is 15.9 Å². The third kappa shape index (κ3) is 3.39. The number of rotatable bonds is 4. The molecule has 0 amide bonds. The summed E-state index contributed by atoms with van der Waals surface area (Å²) in [5.41, 5.74) is 5.27. The molecule has 7 heteroatoms. The van der Waals surface area contributed by atoms with E-state index >= 15 is 0 Å². The molecular formula is C9H11ClF2N2O2. The first-order valence-electron chi connectivity index (χ1n) is 4.31. The molecule has 1 aromatic carbocycles. The van der Waals surface area contributed by atoms with Gasteiger partial charge in [0.25, 0.3) is 5.69 Å². The maximum absolute atomic E-state index is 12.7. The molecule has 1 atom stereocenters. The van der Waals surface area contributed by atoms with Gasteiger partial charge >= 0.3 is 0 Å². The van der Waals surface area contributed by atoms with E-state index in [9.17, 15) is 18.9 Å². The van der Waals surface area contributed by atoms with Crippen LogP contribution in [0.2, 0.25) is 0 Å². The van der Waals surface area contributed by atoms with E-state index in [2.05, 4.69) is 0 Å². The van der Waals surface area contributed by atoms with Crippen LogP contribution in [0.25, 0.3) is 0 Å². The van der Waals surface area contributed by atoms with Gasteiger partial charge in [-0.05, 0) is 18.6 Å². The molecule has 0 bridgehead atoms. The molecule has 0 radical (unpaired) electrons. The SMILES string of the molecule is Cl.N[C@@H](CCF)c1ccc(F)cc1[N+](=O)[O-]. The fraction of sp³-hybridized carbons (Fsp3) is 0.333. The number of halogens is 3. The summed E-state index contributed by atoms with van der Waals surface area (Å²) in [5.74, 6) is -0.710. The van der Waals surface area contributed by atoms with Crippen LogP contribution >= 0.6 is 12.4 Å². The number of benzene rings is 1. The molecule has 0 aromatic heterocycles. The molecule has 0 spiro atoms. The fourth-order valence-corrected chi connectivity index (χ4v) is 1.26. The Kier molecular flexibility index (Phi) is 5.84. The summed E-state index contributed by atoms with van der Waals surface area (Å²) in [4.78, 5) is 9.85. The van der Waals surface area contributed by atoms with E-state index in [1.807, 2.05) is 0 Å². The number of nitro groups is 1. The first-order chi connectivity index (χ1) is 7.06. The van der Waals surface area contributed by atoms with Gasteiger partial charge < -0.3 is 5.73 Å². The normalized spacial score (nSPS) is 11.7. The molecule has 0 aliphatic carbocycles. The lowest BCUT2D eigenvalue weighted by Gasteiger charge is -2.09. The van der Waals surface area contributed by atoms with E-state index in [0.717, 1.165) is 12.1 Å². The molecule has 0 unspecified atom stereocenters. The van der Waals surface area contributed by atoms with Crippen LogP contribution in [0.4, 0.5) is 14.5 Å². The van der Waals surface area contributed by atoms with Crippen LogP contribution in [0.1, 0.15) is 18.0 Å². The Bertz CT molecular complexity index is 377. The molecule has 0 fully saturated rings. The van der Waals surface area contributed by atoms with Crippen LogP contribution in [-0.2, 0) is 0 Å². The van der Waals surface area contributed by atoms with Crippen molar-refractivity contribution in [1.29, 1.82) is 0 Å². The standard InChI is InChI=1S/C9H10F2N2O2.ClH/c10-4-3-8(12)7-2-1-6(11)5-9(7)13(14)15;/h1-2,5,8H,3-4,12H2;1H/t8-;/m0./s1. The fourth-order valence-electron chi connectivity index (χ4n) is 1.26. The summed E-state index contributed by atoms with van der Waals surface area (Å²) in [6, 6.07) is 2.29. The van der Waals surface area contributed by atoms with Crippen molar-refractivity contribution >= 4 is 18.1 Å². The quantitative estimate of drug-likeness (QED) is 0.661. The van der Waals surface area contributed by atoms with Crippen molar-refractivity contribution in [3.63, 3.8) is 0 Å². The van der Waals surface area contributed by atoms with Crippen LogP contribution in [0.3, 0.4) is 0 Å². The molecule has 1 rings (SSSR count). The van der Waals surface area contributed by atoms with Crippen molar-refractivity contribution in [2.24, 2.45) is 5.73 Å². The minimum Gasteiger partial charge on any atom is -0.324 e. The number of nitrogens with two attached hydrogens (primary N) is 1. The molecule has 16 heavy (non-hydrogen) atoms. The van der Waals surface area contributed by atoms with Gasteiger partial charge in [-0.15, -0.1) is 12.4 Å². The molecule has 0 heterocycles. The van der Waals surface area contributed by atoms with Crippen molar-refractivity contribution in [3.8, 4) is 0 Å². The number of nitro benzene ring substituents is 1. The molecule has 1 aromatic rings. The Morgan fingerprint density at radius 1 is 1.50 bits per heavy atom. The molecule has 0 saturated heterocycles. The molecular weight excluding hydrogens is 242 g/mol. The Morgan fingerprint density at radius 2 is 2.12 bits per heavy atom. The van der Waals surface area contributed by atoms with Gasteiger partial charge in [0.1, 0.15) is 5.82 Å².